The van der Waals surface area contributed by atoms with Crippen molar-refractivity contribution in [1.29, 1.82) is 0 Å². The number of hydrogen-bond acceptors (Lipinski definition) is 3. The number of nitrogens with two attached hydrogens (primary N) is 1. The first-order valence-corrected chi connectivity index (χ1v) is 8.58. The minimum Gasteiger partial charge on any atom is -0.371 e. The molecule has 2 saturated heterocycles. The smallest absolute Gasteiger partial charge is 0.0366 e. The molecule has 21 heavy (non-hydrogen) atoms. The molecule has 2 aliphatic heterocycles. The van der Waals surface area contributed by atoms with Crippen LogP contribution in [0.15, 0.2) is 24.3 Å². The monoisotopic (exact) mass is 287 g/mol. The molecule has 1 atom stereocenters. The predicted molar refractivity (Wildman–Crippen MR) is 89.7 cm³/mol. The Morgan fingerprint density at radius 3 is 2.14 bits per heavy atom. The van der Waals surface area contributed by atoms with E-state index in [9.17, 15) is 0 Å². The van der Waals surface area contributed by atoms with Crippen molar-refractivity contribution in [2.45, 2.75) is 51.1 Å². The summed E-state index contributed by atoms with van der Waals surface area (Å²) in [6.07, 6.45) is 6.86. The predicted octanol–water partition coefficient (Wildman–Crippen LogP) is 3.16. The molecule has 0 saturated carbocycles. The molecule has 0 aromatic heterocycles. The van der Waals surface area contributed by atoms with Gasteiger partial charge in [0.2, 0.25) is 0 Å². The zero-order chi connectivity index (χ0) is 14.7. The number of anilines is 1. The van der Waals surface area contributed by atoms with Crippen molar-refractivity contribution in [3.8, 4) is 0 Å². The Labute approximate surface area is 129 Å². The molecular weight excluding hydrogens is 258 g/mol. The minimum absolute atomic E-state index is 0.129. The van der Waals surface area contributed by atoms with E-state index in [2.05, 4.69) is 34.1 Å². The molecule has 1 aromatic rings. The number of nitrogens with zero attached hydrogens (tertiary/aromatic N) is 2. The van der Waals surface area contributed by atoms with Crippen LogP contribution in [-0.4, -0.2) is 37.1 Å². The average molecular weight is 287 g/mol. The van der Waals surface area contributed by atoms with Crippen LogP contribution in [0.25, 0.3) is 0 Å². The second kappa shape index (κ2) is 6.80. The lowest BCUT2D eigenvalue weighted by Crippen LogP contribution is -2.46. The minimum atomic E-state index is 0.129. The third-order valence-electron chi connectivity index (χ3n) is 5.16. The Hall–Kier alpha value is -1.06. The molecule has 0 spiro atoms. The summed E-state index contributed by atoms with van der Waals surface area (Å²) in [5.74, 6) is 0. The Balaban J connectivity index is 1.55. The highest BCUT2D eigenvalue weighted by atomic mass is 15.2. The Kier molecular flexibility index (Phi) is 4.81. The molecule has 2 fully saturated rings. The van der Waals surface area contributed by atoms with Crippen molar-refractivity contribution < 1.29 is 0 Å². The fourth-order valence-electron chi connectivity index (χ4n) is 3.76. The van der Waals surface area contributed by atoms with Crippen LogP contribution in [0.3, 0.4) is 0 Å². The van der Waals surface area contributed by atoms with Gasteiger partial charge in [0.05, 0.1) is 0 Å². The molecule has 2 heterocycles. The number of likely N-dealkylation sites (tertiary alicyclic amines) is 1. The number of hydrogen-bond donors (Lipinski definition) is 1. The number of benzene rings is 1. The second-order valence-corrected chi connectivity index (χ2v) is 6.70. The Morgan fingerprint density at radius 2 is 1.57 bits per heavy atom. The van der Waals surface area contributed by atoms with Gasteiger partial charge >= 0.3 is 0 Å². The molecule has 3 nitrogen and oxygen atoms in total. The molecule has 0 aliphatic carbocycles. The van der Waals surface area contributed by atoms with Gasteiger partial charge in [-0.1, -0.05) is 18.6 Å². The van der Waals surface area contributed by atoms with Gasteiger partial charge in [-0.15, -0.1) is 0 Å². The van der Waals surface area contributed by atoms with Crippen molar-refractivity contribution in [1.82, 2.24) is 4.90 Å². The lowest BCUT2D eigenvalue weighted by Gasteiger charge is -2.41. The third-order valence-corrected chi connectivity index (χ3v) is 5.16. The topological polar surface area (TPSA) is 32.5 Å². The highest BCUT2D eigenvalue weighted by Crippen LogP contribution is 2.25. The summed E-state index contributed by atoms with van der Waals surface area (Å²) in [4.78, 5) is 5.27. The summed E-state index contributed by atoms with van der Waals surface area (Å²) in [7, 11) is 0. The molecule has 116 valence electrons. The molecule has 2 N–H and O–H groups in total. The van der Waals surface area contributed by atoms with Gasteiger partial charge in [0.25, 0.3) is 0 Å². The van der Waals surface area contributed by atoms with Gasteiger partial charge in [-0.3, -0.25) is 0 Å². The maximum Gasteiger partial charge on any atom is 0.0366 e. The van der Waals surface area contributed by atoms with E-state index in [0.717, 1.165) is 6.04 Å². The van der Waals surface area contributed by atoms with Crippen LogP contribution in [0.4, 0.5) is 5.69 Å². The van der Waals surface area contributed by atoms with Crippen LogP contribution in [-0.2, 0) is 0 Å². The average Bonchev–Trinajstić information content (AvgIpc) is 2.56. The Morgan fingerprint density at radius 1 is 0.952 bits per heavy atom. The summed E-state index contributed by atoms with van der Waals surface area (Å²) < 4.78 is 0. The molecule has 3 heteroatoms. The third kappa shape index (κ3) is 3.58. The standard InChI is InChI=1S/C18H29N3/c1-15(19)16-5-7-17(8-6-16)21-13-9-18(10-14-21)20-11-3-2-4-12-20/h5-8,15,18H,2-4,9-14,19H2,1H3/t15-/m1/s1. The SMILES string of the molecule is C[C@@H](N)c1ccc(N2CCC(N3CCCCC3)CC2)cc1. The second-order valence-electron chi connectivity index (χ2n) is 6.70. The van der Waals surface area contributed by atoms with Crippen molar-refractivity contribution in [3.63, 3.8) is 0 Å². The zero-order valence-corrected chi connectivity index (χ0v) is 13.3. The normalized spacial score (nSPS) is 23.2. The first-order valence-electron chi connectivity index (χ1n) is 8.58. The van der Waals surface area contributed by atoms with E-state index in [1.165, 1.54) is 69.5 Å². The van der Waals surface area contributed by atoms with Crippen molar-refractivity contribution >= 4 is 5.69 Å². The Bertz CT molecular complexity index is 426. The molecule has 0 bridgehead atoms. The number of rotatable bonds is 3. The lowest BCUT2D eigenvalue weighted by atomic mass is 9.99. The van der Waals surface area contributed by atoms with Crippen LogP contribution in [0.1, 0.15) is 50.6 Å². The molecule has 0 amide bonds. The van der Waals surface area contributed by atoms with E-state index in [4.69, 9.17) is 5.73 Å². The van der Waals surface area contributed by atoms with Gasteiger partial charge in [-0.2, -0.15) is 0 Å². The summed E-state index contributed by atoms with van der Waals surface area (Å²) >= 11 is 0. The van der Waals surface area contributed by atoms with Crippen LogP contribution in [0.2, 0.25) is 0 Å². The first-order chi connectivity index (χ1) is 10.2. The highest BCUT2D eigenvalue weighted by Gasteiger charge is 2.25. The summed E-state index contributed by atoms with van der Waals surface area (Å²) in [6.45, 7) is 7.08. The number of piperidine rings is 2. The maximum absolute atomic E-state index is 5.92. The van der Waals surface area contributed by atoms with E-state index in [-0.39, 0.29) is 6.04 Å². The maximum atomic E-state index is 5.92. The van der Waals surface area contributed by atoms with Crippen molar-refractivity contribution in [2.24, 2.45) is 5.73 Å². The summed E-state index contributed by atoms with van der Waals surface area (Å²) in [5, 5.41) is 0. The van der Waals surface area contributed by atoms with Crippen LogP contribution >= 0.6 is 0 Å². The highest BCUT2D eigenvalue weighted by molar-refractivity contribution is 5.48. The fraction of sp³-hybridized carbons (Fsp3) is 0.667. The van der Waals surface area contributed by atoms with Gasteiger partial charge in [0, 0.05) is 30.9 Å². The van der Waals surface area contributed by atoms with E-state index in [1.54, 1.807) is 0 Å². The van der Waals surface area contributed by atoms with Gasteiger partial charge in [0.1, 0.15) is 0 Å². The van der Waals surface area contributed by atoms with Crippen molar-refractivity contribution in [2.75, 3.05) is 31.1 Å². The lowest BCUT2D eigenvalue weighted by molar-refractivity contribution is 0.141. The van der Waals surface area contributed by atoms with E-state index >= 15 is 0 Å². The van der Waals surface area contributed by atoms with Gasteiger partial charge in [-0.25, -0.2) is 0 Å². The van der Waals surface area contributed by atoms with Crippen molar-refractivity contribution in [3.05, 3.63) is 29.8 Å². The van der Waals surface area contributed by atoms with E-state index in [0.29, 0.717) is 0 Å². The quantitative estimate of drug-likeness (QED) is 0.927. The summed E-state index contributed by atoms with van der Waals surface area (Å²) in [5.41, 5.74) is 8.51. The van der Waals surface area contributed by atoms with E-state index in [1.807, 2.05) is 6.92 Å². The van der Waals surface area contributed by atoms with Crippen LogP contribution in [0, 0.1) is 0 Å². The summed E-state index contributed by atoms with van der Waals surface area (Å²) in [6, 6.07) is 9.78. The zero-order valence-electron chi connectivity index (χ0n) is 13.3. The molecule has 0 unspecified atom stereocenters. The molecule has 0 radical (unpaired) electrons. The fourth-order valence-corrected chi connectivity index (χ4v) is 3.76. The molecule has 3 rings (SSSR count). The van der Waals surface area contributed by atoms with E-state index < -0.39 is 0 Å². The van der Waals surface area contributed by atoms with Gasteiger partial charge in [-0.05, 0) is 63.4 Å². The molecule has 2 aliphatic rings. The van der Waals surface area contributed by atoms with Gasteiger partial charge in [0.15, 0.2) is 0 Å². The van der Waals surface area contributed by atoms with Crippen LogP contribution in [0.5, 0.6) is 0 Å². The molecule has 1 aromatic carbocycles. The van der Waals surface area contributed by atoms with Gasteiger partial charge < -0.3 is 15.5 Å². The van der Waals surface area contributed by atoms with Crippen LogP contribution < -0.4 is 10.6 Å². The first kappa shape index (κ1) is 14.9. The largest absolute Gasteiger partial charge is 0.371 e. The molecular formula is C18H29N3.